The Morgan fingerprint density at radius 1 is 1.00 bits per heavy atom. The number of rotatable bonds is 3. The molecule has 0 aliphatic heterocycles. The van der Waals surface area contributed by atoms with Crippen LogP contribution in [0.15, 0.2) is 65.8 Å². The van der Waals surface area contributed by atoms with E-state index in [0.29, 0.717) is 5.56 Å². The minimum atomic E-state index is -0.298. The van der Waals surface area contributed by atoms with Crippen molar-refractivity contribution in [3.8, 4) is 0 Å². The summed E-state index contributed by atoms with van der Waals surface area (Å²) in [6.45, 7) is 0.140. The fourth-order valence-corrected chi connectivity index (χ4v) is 1.31. The molecule has 0 aliphatic carbocycles. The number of hydrogen-bond donors (Lipinski definition) is 2. The number of aliphatic hydroxyl groups is 1. The topological polar surface area (TPSA) is 69.9 Å². The zero-order valence-corrected chi connectivity index (χ0v) is 10.3. The Morgan fingerprint density at radius 3 is 1.95 bits per heavy atom. The van der Waals surface area contributed by atoms with E-state index in [1.165, 1.54) is 0 Å². The summed E-state index contributed by atoms with van der Waals surface area (Å²) in [6.07, 6.45) is 0.870. The van der Waals surface area contributed by atoms with Crippen molar-refractivity contribution in [2.75, 3.05) is 0 Å². The molecule has 0 bridgehead atoms. The van der Waals surface area contributed by atoms with Crippen molar-refractivity contribution in [3.05, 3.63) is 71.8 Å². The standard InChI is InChI=1S/C8H7NO2.C7H8O/c10-8(6-9-11)7-4-2-1-3-5-7;8-6-7-4-2-1-3-5-7/h1-6,11H;1-5,8H,6H2. The molecule has 0 saturated heterocycles. The molecule has 2 aromatic rings. The number of carbonyl (C=O) groups excluding carboxylic acids is 1. The minimum Gasteiger partial charge on any atom is -0.411 e. The maximum Gasteiger partial charge on any atom is 0.207 e. The number of hydrogen-bond acceptors (Lipinski definition) is 4. The van der Waals surface area contributed by atoms with E-state index in [2.05, 4.69) is 5.16 Å². The van der Waals surface area contributed by atoms with Crippen molar-refractivity contribution in [1.82, 2.24) is 0 Å². The minimum absolute atomic E-state index is 0.140. The monoisotopic (exact) mass is 257 g/mol. The highest BCUT2D eigenvalue weighted by Crippen LogP contribution is 1.97. The number of benzene rings is 2. The molecule has 2 N–H and O–H groups in total. The Hall–Kier alpha value is -2.46. The second kappa shape index (κ2) is 8.60. The molecule has 0 fully saturated rings. The van der Waals surface area contributed by atoms with Crippen LogP contribution >= 0.6 is 0 Å². The summed E-state index contributed by atoms with van der Waals surface area (Å²) in [4.78, 5) is 10.9. The Morgan fingerprint density at radius 2 is 1.53 bits per heavy atom. The number of nitrogens with zero attached hydrogens (tertiary/aromatic N) is 1. The highest BCUT2D eigenvalue weighted by atomic mass is 16.4. The van der Waals surface area contributed by atoms with E-state index in [1.807, 2.05) is 36.4 Å². The molecule has 2 aromatic carbocycles. The molecule has 0 aromatic heterocycles. The molecule has 0 heterocycles. The second-order valence-electron chi connectivity index (χ2n) is 3.62. The van der Waals surface area contributed by atoms with Crippen molar-refractivity contribution in [1.29, 1.82) is 0 Å². The van der Waals surface area contributed by atoms with Crippen LogP contribution in [0.1, 0.15) is 15.9 Å². The van der Waals surface area contributed by atoms with E-state index in [4.69, 9.17) is 10.3 Å². The summed E-state index contributed by atoms with van der Waals surface area (Å²) in [5, 5.41) is 19.2. The maximum absolute atomic E-state index is 10.9. The fourth-order valence-electron chi connectivity index (χ4n) is 1.31. The highest BCUT2D eigenvalue weighted by Gasteiger charge is 1.98. The van der Waals surface area contributed by atoms with Gasteiger partial charge in [-0.3, -0.25) is 4.79 Å². The van der Waals surface area contributed by atoms with E-state index < -0.39 is 0 Å². The third-order valence-electron chi connectivity index (χ3n) is 2.26. The summed E-state index contributed by atoms with van der Waals surface area (Å²) in [7, 11) is 0. The lowest BCUT2D eigenvalue weighted by Gasteiger charge is -1.90. The molecule has 0 aliphatic rings. The van der Waals surface area contributed by atoms with Gasteiger partial charge < -0.3 is 10.3 Å². The van der Waals surface area contributed by atoms with E-state index in [-0.39, 0.29) is 12.4 Å². The Labute approximate surface area is 111 Å². The van der Waals surface area contributed by atoms with Gasteiger partial charge >= 0.3 is 0 Å². The number of Topliss-reactive ketones (excluding diaryl/α,β-unsaturated/α-hetero) is 1. The molecular formula is C15H15NO3. The molecule has 0 unspecified atom stereocenters. The fraction of sp³-hybridized carbons (Fsp3) is 0.0667. The van der Waals surface area contributed by atoms with Crippen LogP contribution in [-0.4, -0.2) is 22.3 Å². The van der Waals surface area contributed by atoms with Gasteiger partial charge in [0.1, 0.15) is 6.21 Å². The molecule has 0 radical (unpaired) electrons. The largest absolute Gasteiger partial charge is 0.411 e. The van der Waals surface area contributed by atoms with Crippen LogP contribution in [-0.2, 0) is 6.61 Å². The van der Waals surface area contributed by atoms with Gasteiger partial charge in [-0.2, -0.15) is 0 Å². The Balaban J connectivity index is 0.000000200. The van der Waals surface area contributed by atoms with Crippen LogP contribution in [0, 0.1) is 0 Å². The van der Waals surface area contributed by atoms with Crippen molar-refractivity contribution < 1.29 is 15.1 Å². The molecule has 0 amide bonds. The van der Waals surface area contributed by atoms with Crippen LogP contribution in [0.3, 0.4) is 0 Å². The molecule has 4 heteroatoms. The lowest BCUT2D eigenvalue weighted by Crippen LogP contribution is -1.98. The summed E-state index contributed by atoms with van der Waals surface area (Å²) >= 11 is 0. The third-order valence-corrected chi connectivity index (χ3v) is 2.26. The smallest absolute Gasteiger partial charge is 0.207 e. The summed E-state index contributed by atoms with van der Waals surface area (Å²) in [6, 6.07) is 18.1. The van der Waals surface area contributed by atoms with Gasteiger partial charge in [0, 0.05) is 5.56 Å². The van der Waals surface area contributed by atoms with E-state index >= 15 is 0 Å². The summed E-state index contributed by atoms with van der Waals surface area (Å²) in [5.74, 6) is -0.298. The Kier molecular flexibility index (Phi) is 6.61. The van der Waals surface area contributed by atoms with Crippen molar-refractivity contribution in [2.45, 2.75) is 6.61 Å². The lowest BCUT2D eigenvalue weighted by atomic mass is 10.1. The molecule has 0 atom stereocenters. The first kappa shape index (κ1) is 14.6. The van der Waals surface area contributed by atoms with Gasteiger partial charge in [0.2, 0.25) is 5.78 Å². The highest BCUT2D eigenvalue weighted by molar-refractivity contribution is 6.35. The summed E-state index contributed by atoms with van der Waals surface area (Å²) < 4.78 is 0. The average molecular weight is 257 g/mol. The number of aliphatic hydroxyl groups excluding tert-OH is 1. The molecule has 0 saturated carbocycles. The quantitative estimate of drug-likeness (QED) is 0.384. The zero-order valence-electron chi connectivity index (χ0n) is 10.3. The van der Waals surface area contributed by atoms with Gasteiger partial charge in [-0.15, -0.1) is 0 Å². The number of carbonyl (C=O) groups is 1. The molecule has 19 heavy (non-hydrogen) atoms. The average Bonchev–Trinajstić information content (AvgIpc) is 2.50. The van der Waals surface area contributed by atoms with Gasteiger partial charge in [0.25, 0.3) is 0 Å². The van der Waals surface area contributed by atoms with E-state index in [1.54, 1.807) is 24.3 Å². The van der Waals surface area contributed by atoms with E-state index in [9.17, 15) is 4.79 Å². The first-order chi connectivity index (χ1) is 9.27. The van der Waals surface area contributed by atoms with Gasteiger partial charge in [-0.05, 0) is 5.56 Å². The Bertz CT molecular complexity index is 509. The van der Waals surface area contributed by atoms with Gasteiger partial charge in [0.15, 0.2) is 0 Å². The second-order valence-corrected chi connectivity index (χ2v) is 3.62. The normalized spacial score (nSPS) is 9.74. The SMILES string of the molecule is O=C(C=NO)c1ccccc1.OCc1ccccc1. The van der Waals surface area contributed by atoms with Crippen LogP contribution in [0.4, 0.5) is 0 Å². The predicted molar refractivity (Wildman–Crippen MR) is 73.4 cm³/mol. The number of oxime groups is 1. The maximum atomic E-state index is 10.9. The van der Waals surface area contributed by atoms with Gasteiger partial charge in [-0.1, -0.05) is 65.8 Å². The zero-order chi connectivity index (χ0) is 13.9. The van der Waals surface area contributed by atoms with Crippen molar-refractivity contribution >= 4 is 12.0 Å². The predicted octanol–water partition coefficient (Wildman–Crippen LogP) is 2.51. The van der Waals surface area contributed by atoms with Crippen molar-refractivity contribution in [3.63, 3.8) is 0 Å². The van der Waals surface area contributed by atoms with Gasteiger partial charge in [0.05, 0.1) is 6.61 Å². The molecule has 98 valence electrons. The van der Waals surface area contributed by atoms with Crippen LogP contribution in [0.25, 0.3) is 0 Å². The molecule has 2 rings (SSSR count). The first-order valence-electron chi connectivity index (χ1n) is 5.69. The lowest BCUT2D eigenvalue weighted by molar-refractivity contribution is 0.106. The van der Waals surface area contributed by atoms with Crippen LogP contribution < -0.4 is 0 Å². The van der Waals surface area contributed by atoms with Gasteiger partial charge in [-0.25, -0.2) is 0 Å². The first-order valence-corrected chi connectivity index (χ1v) is 5.69. The van der Waals surface area contributed by atoms with Crippen molar-refractivity contribution in [2.24, 2.45) is 5.16 Å². The molecular weight excluding hydrogens is 242 g/mol. The number of ketones is 1. The van der Waals surface area contributed by atoms with Crippen LogP contribution in [0.2, 0.25) is 0 Å². The summed E-state index contributed by atoms with van der Waals surface area (Å²) in [5.41, 5.74) is 1.48. The van der Waals surface area contributed by atoms with Crippen LogP contribution in [0.5, 0.6) is 0 Å². The third kappa shape index (κ3) is 5.61. The van der Waals surface area contributed by atoms with E-state index in [0.717, 1.165) is 11.8 Å². The molecule has 4 nitrogen and oxygen atoms in total. The molecule has 0 spiro atoms.